The van der Waals surface area contributed by atoms with Crippen LogP contribution in [0.15, 0.2) is 12.1 Å². The van der Waals surface area contributed by atoms with Crippen molar-refractivity contribution in [2.45, 2.75) is 38.2 Å². The van der Waals surface area contributed by atoms with E-state index >= 15 is 0 Å². The van der Waals surface area contributed by atoms with Crippen LogP contribution in [-0.2, 0) is 6.42 Å². The quantitative estimate of drug-likeness (QED) is 0.745. The Morgan fingerprint density at radius 1 is 1.50 bits per heavy atom. The molecular weight excluding hydrogens is 168 g/mol. The second-order valence-corrected chi connectivity index (χ2v) is 4.68. The van der Waals surface area contributed by atoms with Gasteiger partial charge in [0.2, 0.25) is 0 Å². The number of rotatable bonds is 2. The van der Waals surface area contributed by atoms with Crippen LogP contribution in [0, 0.1) is 0 Å². The Morgan fingerprint density at radius 3 is 2.75 bits per heavy atom. The predicted molar refractivity (Wildman–Crippen MR) is 51.7 cm³/mol. The summed E-state index contributed by atoms with van der Waals surface area (Å²) in [5, 5.41) is 9.15. The van der Waals surface area contributed by atoms with Crippen LogP contribution in [0.2, 0.25) is 0 Å². The van der Waals surface area contributed by atoms with Gasteiger partial charge in [-0.15, -0.1) is 11.3 Å². The minimum Gasteiger partial charge on any atom is -0.393 e. The second kappa shape index (κ2) is 3.19. The van der Waals surface area contributed by atoms with Crippen LogP contribution in [0.25, 0.3) is 0 Å². The molecule has 66 valence electrons. The average Bonchev–Trinajstić information content (AvgIpc) is 2.46. The number of hydrogen-bond acceptors (Lipinski definition) is 2. The molecule has 0 aliphatic heterocycles. The lowest BCUT2D eigenvalue weighted by atomic mass is 9.81. The topological polar surface area (TPSA) is 20.2 Å². The van der Waals surface area contributed by atoms with Gasteiger partial charge in [0, 0.05) is 9.75 Å². The summed E-state index contributed by atoms with van der Waals surface area (Å²) >= 11 is 1.91. The van der Waals surface area contributed by atoms with E-state index in [2.05, 4.69) is 19.1 Å². The van der Waals surface area contributed by atoms with Gasteiger partial charge >= 0.3 is 0 Å². The van der Waals surface area contributed by atoms with E-state index in [4.69, 9.17) is 5.11 Å². The van der Waals surface area contributed by atoms with E-state index in [1.165, 1.54) is 9.75 Å². The summed E-state index contributed by atoms with van der Waals surface area (Å²) in [6, 6.07) is 4.44. The minimum atomic E-state index is -0.0258. The third-order valence-electron chi connectivity index (χ3n) is 2.55. The summed E-state index contributed by atoms with van der Waals surface area (Å²) in [4.78, 5) is 2.93. The maximum absolute atomic E-state index is 9.15. The molecule has 0 aromatic carbocycles. The van der Waals surface area contributed by atoms with Gasteiger partial charge in [0.15, 0.2) is 0 Å². The summed E-state index contributed by atoms with van der Waals surface area (Å²) in [6.45, 7) is 2.19. The molecule has 1 fully saturated rings. The summed E-state index contributed by atoms with van der Waals surface area (Å²) in [7, 11) is 0. The van der Waals surface area contributed by atoms with E-state index < -0.39 is 0 Å². The Kier molecular flexibility index (Phi) is 2.20. The van der Waals surface area contributed by atoms with Crippen molar-refractivity contribution in [3.05, 3.63) is 21.9 Å². The molecule has 0 atom stereocenters. The molecule has 1 aromatic heterocycles. The number of aliphatic hydroxyl groups is 1. The molecule has 1 N–H and O–H groups in total. The smallest absolute Gasteiger partial charge is 0.0552 e. The van der Waals surface area contributed by atoms with Gasteiger partial charge in [-0.05, 0) is 37.3 Å². The van der Waals surface area contributed by atoms with E-state index in [0.29, 0.717) is 5.92 Å². The molecule has 0 amide bonds. The van der Waals surface area contributed by atoms with Crippen molar-refractivity contribution in [3.8, 4) is 0 Å². The normalized spacial score (nSPS) is 28.5. The van der Waals surface area contributed by atoms with Crippen LogP contribution in [-0.4, -0.2) is 11.2 Å². The highest BCUT2D eigenvalue weighted by atomic mass is 32.1. The first-order chi connectivity index (χ1) is 5.79. The summed E-state index contributed by atoms with van der Waals surface area (Å²) in [6.07, 6.45) is 3.06. The molecule has 0 bridgehead atoms. The van der Waals surface area contributed by atoms with Gasteiger partial charge in [0.1, 0.15) is 0 Å². The van der Waals surface area contributed by atoms with Crippen LogP contribution in [0.3, 0.4) is 0 Å². The number of aliphatic hydroxyl groups excluding tert-OH is 1. The number of hydrogen-bond donors (Lipinski definition) is 1. The molecule has 0 spiro atoms. The number of aryl methyl sites for hydroxylation is 1. The molecule has 12 heavy (non-hydrogen) atoms. The molecule has 1 aliphatic rings. The highest BCUT2D eigenvalue weighted by Gasteiger charge is 2.29. The van der Waals surface area contributed by atoms with E-state index in [1.54, 1.807) is 0 Å². The van der Waals surface area contributed by atoms with Gasteiger partial charge < -0.3 is 5.11 Å². The first-order valence-corrected chi connectivity index (χ1v) is 5.38. The summed E-state index contributed by atoms with van der Waals surface area (Å²) in [5.41, 5.74) is 0. The molecule has 2 rings (SSSR count). The molecule has 0 radical (unpaired) electrons. The molecule has 0 unspecified atom stereocenters. The van der Waals surface area contributed by atoms with Gasteiger partial charge in [-0.25, -0.2) is 0 Å². The zero-order valence-corrected chi connectivity index (χ0v) is 8.10. The van der Waals surface area contributed by atoms with Crippen LogP contribution in [0.1, 0.15) is 35.4 Å². The minimum absolute atomic E-state index is 0.0258. The molecule has 0 saturated heterocycles. The predicted octanol–water partition coefficient (Wildman–Crippen LogP) is 2.55. The van der Waals surface area contributed by atoms with E-state index in [9.17, 15) is 0 Å². The van der Waals surface area contributed by atoms with Crippen LogP contribution in [0.5, 0.6) is 0 Å². The lowest BCUT2D eigenvalue weighted by Crippen LogP contribution is -2.25. The van der Waals surface area contributed by atoms with E-state index in [0.717, 1.165) is 19.3 Å². The fourth-order valence-corrected chi connectivity index (χ4v) is 2.70. The lowest BCUT2D eigenvalue weighted by Gasteiger charge is -2.30. The van der Waals surface area contributed by atoms with Gasteiger partial charge in [0.25, 0.3) is 0 Å². The van der Waals surface area contributed by atoms with Gasteiger partial charge in [0.05, 0.1) is 6.10 Å². The standard InChI is InChI=1S/C10H14OS/c1-2-9-3-4-10(12-9)7-5-8(11)6-7/h3-4,7-8,11H,2,5-6H2,1H3. The SMILES string of the molecule is CCc1ccc(C2CC(O)C2)s1. The van der Waals surface area contributed by atoms with Crippen LogP contribution >= 0.6 is 11.3 Å². The summed E-state index contributed by atoms with van der Waals surface area (Å²) < 4.78 is 0. The van der Waals surface area contributed by atoms with Crippen molar-refractivity contribution in [2.24, 2.45) is 0 Å². The molecule has 1 nitrogen and oxygen atoms in total. The Labute approximate surface area is 77.0 Å². The number of thiophene rings is 1. The third-order valence-corrected chi connectivity index (χ3v) is 3.94. The Balaban J connectivity index is 2.04. The van der Waals surface area contributed by atoms with Crippen LogP contribution < -0.4 is 0 Å². The Bertz CT molecular complexity index is 261. The maximum atomic E-state index is 9.15. The summed E-state index contributed by atoms with van der Waals surface area (Å²) in [5.74, 6) is 0.658. The first-order valence-electron chi connectivity index (χ1n) is 4.56. The second-order valence-electron chi connectivity index (χ2n) is 3.48. The van der Waals surface area contributed by atoms with Gasteiger partial charge in [-0.2, -0.15) is 0 Å². The highest BCUT2D eigenvalue weighted by Crippen LogP contribution is 2.39. The van der Waals surface area contributed by atoms with Gasteiger partial charge in [-0.1, -0.05) is 6.92 Å². The van der Waals surface area contributed by atoms with Crippen molar-refractivity contribution >= 4 is 11.3 Å². The van der Waals surface area contributed by atoms with Crippen molar-refractivity contribution in [2.75, 3.05) is 0 Å². The molecule has 1 heterocycles. The van der Waals surface area contributed by atoms with Crippen molar-refractivity contribution < 1.29 is 5.11 Å². The zero-order valence-electron chi connectivity index (χ0n) is 7.29. The molecular formula is C10H14OS. The third kappa shape index (κ3) is 1.41. The van der Waals surface area contributed by atoms with Gasteiger partial charge in [-0.3, -0.25) is 0 Å². The van der Waals surface area contributed by atoms with Crippen molar-refractivity contribution in [3.63, 3.8) is 0 Å². The van der Waals surface area contributed by atoms with E-state index in [1.807, 2.05) is 11.3 Å². The fourth-order valence-electron chi connectivity index (χ4n) is 1.62. The molecule has 2 heteroatoms. The Morgan fingerprint density at radius 2 is 2.25 bits per heavy atom. The Hall–Kier alpha value is -0.340. The monoisotopic (exact) mass is 182 g/mol. The van der Waals surface area contributed by atoms with Crippen molar-refractivity contribution in [1.82, 2.24) is 0 Å². The van der Waals surface area contributed by atoms with Crippen LogP contribution in [0.4, 0.5) is 0 Å². The van der Waals surface area contributed by atoms with E-state index in [-0.39, 0.29) is 6.10 Å². The molecule has 1 aromatic rings. The fraction of sp³-hybridized carbons (Fsp3) is 0.600. The largest absolute Gasteiger partial charge is 0.393 e. The zero-order chi connectivity index (χ0) is 8.55. The maximum Gasteiger partial charge on any atom is 0.0552 e. The molecule has 1 saturated carbocycles. The highest BCUT2D eigenvalue weighted by molar-refractivity contribution is 7.12. The first kappa shape index (κ1) is 8.27. The molecule has 1 aliphatic carbocycles. The lowest BCUT2D eigenvalue weighted by molar-refractivity contribution is 0.0758. The van der Waals surface area contributed by atoms with Crippen molar-refractivity contribution in [1.29, 1.82) is 0 Å². The average molecular weight is 182 g/mol.